The summed E-state index contributed by atoms with van der Waals surface area (Å²) in [6.07, 6.45) is 0. The van der Waals surface area contributed by atoms with Crippen LogP contribution in [0.2, 0.25) is 10.0 Å². The van der Waals surface area contributed by atoms with Gasteiger partial charge in [-0.15, -0.1) is 0 Å². The van der Waals surface area contributed by atoms with Crippen molar-refractivity contribution in [2.75, 3.05) is 0 Å². The fourth-order valence-electron chi connectivity index (χ4n) is 2.72. The fraction of sp³-hybridized carbons (Fsp3) is 0.0526. The van der Waals surface area contributed by atoms with Crippen LogP contribution in [0, 0.1) is 0 Å². The van der Waals surface area contributed by atoms with Crippen LogP contribution in [0.4, 0.5) is 0 Å². The second-order valence-corrected chi connectivity index (χ2v) is 6.55. The largest absolute Gasteiger partial charge is 0.504 e. The van der Waals surface area contributed by atoms with Crippen LogP contribution in [0.5, 0.6) is 5.75 Å². The van der Waals surface area contributed by atoms with Gasteiger partial charge in [0.05, 0.1) is 15.7 Å². The zero-order valence-corrected chi connectivity index (χ0v) is 14.8. The summed E-state index contributed by atoms with van der Waals surface area (Å²) in [6.45, 7) is -0.0479. The number of H-pyrrole nitrogens is 1. The van der Waals surface area contributed by atoms with Crippen LogP contribution in [0.25, 0.3) is 21.8 Å². The van der Waals surface area contributed by atoms with Crippen LogP contribution in [0.1, 0.15) is 16.2 Å². The summed E-state index contributed by atoms with van der Waals surface area (Å²) in [6, 6.07) is 14.1. The first-order chi connectivity index (χ1) is 12.5. The number of nitrogens with zero attached hydrogens (tertiary/aromatic N) is 1. The van der Waals surface area contributed by atoms with Gasteiger partial charge in [0, 0.05) is 16.3 Å². The predicted octanol–water partition coefficient (Wildman–Crippen LogP) is 5.09. The van der Waals surface area contributed by atoms with Crippen LogP contribution in [-0.4, -0.2) is 21.0 Å². The maximum absolute atomic E-state index is 12.3. The van der Waals surface area contributed by atoms with Crippen molar-refractivity contribution in [1.29, 1.82) is 0 Å². The molecule has 0 aliphatic heterocycles. The molecule has 0 bridgehead atoms. The molecule has 2 heterocycles. The van der Waals surface area contributed by atoms with E-state index in [1.54, 1.807) is 18.2 Å². The third kappa shape index (κ3) is 2.96. The standard InChI is InChI=1S/C19H12Cl2N2O3/c20-13-8-14(21)18(24)17-12(13)6-5-11(22-17)9-26-19(25)16-7-10-3-1-2-4-15(10)23-16/h1-8,23-24H,9H2. The number of hydrogen-bond donors (Lipinski definition) is 2. The van der Waals surface area contributed by atoms with Gasteiger partial charge in [-0.05, 0) is 30.3 Å². The second kappa shape index (κ2) is 6.52. The number of halogens is 2. The van der Waals surface area contributed by atoms with Gasteiger partial charge in [-0.25, -0.2) is 9.78 Å². The Morgan fingerprint density at radius 1 is 1.12 bits per heavy atom. The molecule has 0 radical (unpaired) electrons. The Balaban J connectivity index is 1.57. The molecule has 0 fully saturated rings. The number of phenolic OH excluding ortho intramolecular Hbond substituents is 1. The SMILES string of the molecule is O=C(OCc1ccc2c(Cl)cc(Cl)c(O)c2n1)c1cc2ccccc2[nH]1. The lowest BCUT2D eigenvalue weighted by Gasteiger charge is -2.08. The number of carbonyl (C=O) groups is 1. The highest BCUT2D eigenvalue weighted by atomic mass is 35.5. The third-order valence-electron chi connectivity index (χ3n) is 4.02. The highest BCUT2D eigenvalue weighted by molar-refractivity contribution is 6.39. The van der Waals surface area contributed by atoms with Crippen molar-refractivity contribution in [1.82, 2.24) is 9.97 Å². The Labute approximate surface area is 158 Å². The molecule has 0 saturated heterocycles. The van der Waals surface area contributed by atoms with Crippen LogP contribution in [-0.2, 0) is 11.3 Å². The quantitative estimate of drug-likeness (QED) is 0.481. The molecule has 130 valence electrons. The number of rotatable bonds is 3. The van der Waals surface area contributed by atoms with Crippen molar-refractivity contribution in [3.8, 4) is 5.75 Å². The minimum absolute atomic E-state index is 0.0479. The predicted molar refractivity (Wildman–Crippen MR) is 101 cm³/mol. The first-order valence-corrected chi connectivity index (χ1v) is 8.50. The van der Waals surface area contributed by atoms with E-state index in [1.165, 1.54) is 6.07 Å². The average Bonchev–Trinajstić information content (AvgIpc) is 3.08. The molecule has 2 N–H and O–H groups in total. The van der Waals surface area contributed by atoms with Crippen molar-refractivity contribution in [3.63, 3.8) is 0 Å². The first-order valence-electron chi connectivity index (χ1n) is 7.74. The summed E-state index contributed by atoms with van der Waals surface area (Å²) < 4.78 is 5.31. The highest BCUT2D eigenvalue weighted by Crippen LogP contribution is 2.36. The zero-order chi connectivity index (χ0) is 18.3. The van der Waals surface area contributed by atoms with E-state index >= 15 is 0 Å². The van der Waals surface area contributed by atoms with Gasteiger partial charge < -0.3 is 14.8 Å². The lowest BCUT2D eigenvalue weighted by Crippen LogP contribution is -2.06. The molecule has 2 aromatic carbocycles. The normalized spacial score (nSPS) is 11.2. The van der Waals surface area contributed by atoms with Gasteiger partial charge in [0.2, 0.25) is 0 Å². The number of hydrogen-bond acceptors (Lipinski definition) is 4. The number of carbonyl (C=O) groups excluding carboxylic acids is 1. The van der Waals surface area contributed by atoms with Crippen molar-refractivity contribution in [3.05, 3.63) is 70.0 Å². The average molecular weight is 387 g/mol. The molecule has 5 nitrogen and oxygen atoms in total. The van der Waals surface area contributed by atoms with E-state index in [0.29, 0.717) is 21.8 Å². The number of benzene rings is 2. The molecule has 0 atom stereocenters. The van der Waals surface area contributed by atoms with E-state index in [-0.39, 0.29) is 22.9 Å². The molecule has 7 heteroatoms. The van der Waals surface area contributed by atoms with Crippen LogP contribution in [0.3, 0.4) is 0 Å². The van der Waals surface area contributed by atoms with Gasteiger partial charge in [0.25, 0.3) is 0 Å². The topological polar surface area (TPSA) is 75.2 Å². The molecule has 0 unspecified atom stereocenters. The number of pyridine rings is 1. The van der Waals surface area contributed by atoms with Gasteiger partial charge >= 0.3 is 5.97 Å². The van der Waals surface area contributed by atoms with E-state index in [9.17, 15) is 9.90 Å². The van der Waals surface area contributed by atoms with E-state index in [0.717, 1.165) is 10.9 Å². The Morgan fingerprint density at radius 3 is 2.73 bits per heavy atom. The van der Waals surface area contributed by atoms with E-state index in [2.05, 4.69) is 9.97 Å². The summed E-state index contributed by atoms with van der Waals surface area (Å²) in [4.78, 5) is 19.6. The van der Waals surface area contributed by atoms with E-state index in [1.807, 2.05) is 24.3 Å². The van der Waals surface area contributed by atoms with Gasteiger partial charge in [-0.1, -0.05) is 41.4 Å². The lowest BCUT2D eigenvalue weighted by molar-refractivity contribution is 0.0462. The monoisotopic (exact) mass is 386 g/mol. The number of aromatic nitrogens is 2. The molecule has 0 spiro atoms. The molecule has 2 aromatic heterocycles. The molecule has 0 amide bonds. The summed E-state index contributed by atoms with van der Waals surface area (Å²) in [5.74, 6) is -0.647. The Bertz CT molecular complexity index is 1120. The number of aromatic amines is 1. The summed E-state index contributed by atoms with van der Waals surface area (Å²) in [5, 5.41) is 12.1. The number of phenols is 1. The molecule has 0 saturated carbocycles. The van der Waals surface area contributed by atoms with Crippen molar-refractivity contribution in [2.45, 2.75) is 6.61 Å². The number of fused-ring (bicyclic) bond motifs is 2. The van der Waals surface area contributed by atoms with Crippen LogP contribution in [0.15, 0.2) is 48.5 Å². The van der Waals surface area contributed by atoms with Crippen LogP contribution >= 0.6 is 23.2 Å². The van der Waals surface area contributed by atoms with Crippen molar-refractivity contribution < 1.29 is 14.6 Å². The molecule has 26 heavy (non-hydrogen) atoms. The molecular formula is C19H12Cl2N2O3. The molecule has 4 rings (SSSR count). The van der Waals surface area contributed by atoms with Gasteiger partial charge in [-0.3, -0.25) is 0 Å². The smallest absolute Gasteiger partial charge is 0.355 e. The minimum Gasteiger partial charge on any atom is -0.504 e. The molecule has 0 aliphatic carbocycles. The maximum atomic E-state index is 12.3. The fourth-order valence-corrected chi connectivity index (χ4v) is 3.24. The Morgan fingerprint density at radius 2 is 1.92 bits per heavy atom. The molecular weight excluding hydrogens is 375 g/mol. The van der Waals surface area contributed by atoms with Crippen molar-refractivity contribution >= 4 is 51.0 Å². The second-order valence-electron chi connectivity index (χ2n) is 5.73. The van der Waals surface area contributed by atoms with E-state index in [4.69, 9.17) is 27.9 Å². The van der Waals surface area contributed by atoms with E-state index < -0.39 is 5.97 Å². The highest BCUT2D eigenvalue weighted by Gasteiger charge is 2.14. The zero-order valence-electron chi connectivity index (χ0n) is 13.3. The lowest BCUT2D eigenvalue weighted by atomic mass is 10.2. The summed E-state index contributed by atoms with van der Waals surface area (Å²) >= 11 is 12.0. The number of esters is 1. The molecule has 4 aromatic rings. The number of para-hydroxylation sites is 1. The number of ether oxygens (including phenoxy) is 1. The summed E-state index contributed by atoms with van der Waals surface area (Å²) in [5.41, 5.74) is 1.95. The summed E-state index contributed by atoms with van der Waals surface area (Å²) in [7, 11) is 0. The van der Waals surface area contributed by atoms with Gasteiger partial charge in [-0.2, -0.15) is 0 Å². The number of nitrogens with one attached hydrogen (secondary N) is 1. The Kier molecular flexibility index (Phi) is 4.18. The first kappa shape index (κ1) is 16.7. The minimum atomic E-state index is -0.489. The van der Waals surface area contributed by atoms with Gasteiger partial charge in [0.1, 0.15) is 17.8 Å². The number of aromatic hydroxyl groups is 1. The molecule has 0 aliphatic rings. The maximum Gasteiger partial charge on any atom is 0.355 e. The van der Waals surface area contributed by atoms with Crippen molar-refractivity contribution in [2.24, 2.45) is 0 Å². The Hall–Kier alpha value is -2.76. The van der Waals surface area contributed by atoms with Crippen LogP contribution < -0.4 is 0 Å². The van der Waals surface area contributed by atoms with Gasteiger partial charge in [0.15, 0.2) is 5.75 Å². The third-order valence-corrected chi connectivity index (χ3v) is 4.62.